The highest BCUT2D eigenvalue weighted by Crippen LogP contribution is 2.22. The molecule has 2 aromatic carbocycles. The molecule has 3 rings (SSSR count). The molecule has 0 aliphatic rings. The molecule has 0 aliphatic carbocycles. The van der Waals surface area contributed by atoms with Crippen LogP contribution in [-0.2, 0) is 26.0 Å². The topological polar surface area (TPSA) is 74.6 Å². The Morgan fingerprint density at radius 2 is 1.87 bits per heavy atom. The number of rotatable bonds is 9. The van der Waals surface area contributed by atoms with Crippen molar-refractivity contribution in [2.45, 2.75) is 45.8 Å². The van der Waals surface area contributed by atoms with E-state index >= 15 is 0 Å². The zero-order valence-corrected chi connectivity index (χ0v) is 17.7. The zero-order valence-electron chi connectivity index (χ0n) is 16.9. The van der Waals surface area contributed by atoms with E-state index in [-0.39, 0.29) is 6.42 Å². The Kier molecular flexibility index (Phi) is 7.49. The first kappa shape index (κ1) is 21.4. The number of aryl methyl sites for hydroxylation is 1. The number of hydrogen-bond acceptors (Lipinski definition) is 4. The summed E-state index contributed by atoms with van der Waals surface area (Å²) in [6.07, 6.45) is 3.16. The molecule has 5 nitrogen and oxygen atoms in total. The van der Waals surface area contributed by atoms with E-state index in [1.807, 2.05) is 42.5 Å². The molecule has 0 atom stereocenters. The van der Waals surface area contributed by atoms with Gasteiger partial charge in [0.15, 0.2) is 5.15 Å². The summed E-state index contributed by atoms with van der Waals surface area (Å²) < 4.78 is 7.90. The van der Waals surface area contributed by atoms with Crippen molar-refractivity contribution in [3.63, 3.8) is 0 Å². The van der Waals surface area contributed by atoms with Crippen molar-refractivity contribution in [1.29, 1.82) is 10.5 Å². The largest absolute Gasteiger partial charge is 0.489 e. The summed E-state index contributed by atoms with van der Waals surface area (Å²) >= 11 is 6.30. The molecule has 6 heteroatoms. The standard InChI is InChI=1S/C24H23ClN4O/c1-2-3-8-23-28-24(25)22(13-14-26)29(23)16-18-9-11-21(12-10-18)30-17-20-7-5-4-6-19(20)15-27/h4-7,9-12H,2-3,8,13,16-17H2,1H3. The molecule has 30 heavy (non-hydrogen) atoms. The fraction of sp³-hybridized carbons (Fsp3) is 0.292. The molecule has 1 heterocycles. The van der Waals surface area contributed by atoms with Gasteiger partial charge in [-0.25, -0.2) is 4.98 Å². The Labute approximate surface area is 182 Å². The van der Waals surface area contributed by atoms with Gasteiger partial charge in [-0.2, -0.15) is 10.5 Å². The maximum Gasteiger partial charge on any atom is 0.151 e. The van der Waals surface area contributed by atoms with E-state index in [0.29, 0.717) is 23.9 Å². The molecule has 0 bridgehead atoms. The number of aromatic nitrogens is 2. The predicted molar refractivity (Wildman–Crippen MR) is 116 cm³/mol. The zero-order chi connectivity index (χ0) is 21.3. The van der Waals surface area contributed by atoms with Crippen molar-refractivity contribution >= 4 is 11.6 Å². The van der Waals surface area contributed by atoms with Gasteiger partial charge in [0.05, 0.1) is 29.8 Å². The number of ether oxygens (including phenoxy) is 1. The van der Waals surface area contributed by atoms with Crippen molar-refractivity contribution in [2.24, 2.45) is 0 Å². The first-order valence-corrected chi connectivity index (χ1v) is 10.3. The number of hydrogen-bond donors (Lipinski definition) is 0. The summed E-state index contributed by atoms with van der Waals surface area (Å²) in [5.74, 6) is 1.65. The highest BCUT2D eigenvalue weighted by molar-refractivity contribution is 6.30. The SMILES string of the molecule is CCCCc1nc(Cl)c(CC#N)n1Cc1ccc(OCc2ccccc2C#N)cc1. The average molecular weight is 419 g/mol. The van der Waals surface area contributed by atoms with Crippen LogP contribution in [0.5, 0.6) is 5.75 Å². The molecule has 0 amide bonds. The van der Waals surface area contributed by atoms with Crippen molar-refractivity contribution in [2.75, 3.05) is 0 Å². The van der Waals surface area contributed by atoms with Crippen LogP contribution in [0.4, 0.5) is 0 Å². The lowest BCUT2D eigenvalue weighted by Crippen LogP contribution is -2.09. The number of benzene rings is 2. The van der Waals surface area contributed by atoms with Crippen LogP contribution in [0.1, 0.15) is 48.0 Å². The van der Waals surface area contributed by atoms with Crippen LogP contribution in [0.3, 0.4) is 0 Å². The summed E-state index contributed by atoms with van der Waals surface area (Å²) in [4.78, 5) is 4.49. The number of nitrogens with zero attached hydrogens (tertiary/aromatic N) is 4. The van der Waals surface area contributed by atoms with E-state index in [4.69, 9.17) is 21.6 Å². The number of unbranched alkanes of at least 4 members (excludes halogenated alkanes) is 1. The van der Waals surface area contributed by atoms with Gasteiger partial charge in [-0.15, -0.1) is 0 Å². The molecule has 0 radical (unpaired) electrons. The van der Waals surface area contributed by atoms with Crippen LogP contribution in [0, 0.1) is 22.7 Å². The fourth-order valence-corrected chi connectivity index (χ4v) is 3.52. The molecule has 0 spiro atoms. The van der Waals surface area contributed by atoms with Crippen molar-refractivity contribution < 1.29 is 4.74 Å². The minimum atomic E-state index is 0.234. The van der Waals surface area contributed by atoms with Gasteiger partial charge in [-0.05, 0) is 30.2 Å². The molecule has 1 aromatic heterocycles. The van der Waals surface area contributed by atoms with Crippen molar-refractivity contribution in [3.8, 4) is 17.9 Å². The Bertz CT molecular complexity index is 1070. The smallest absolute Gasteiger partial charge is 0.151 e. The highest BCUT2D eigenvalue weighted by Gasteiger charge is 2.15. The van der Waals surface area contributed by atoms with E-state index in [2.05, 4.69) is 28.6 Å². The Morgan fingerprint density at radius 1 is 1.10 bits per heavy atom. The van der Waals surface area contributed by atoms with E-state index in [1.165, 1.54) is 0 Å². The lowest BCUT2D eigenvalue weighted by atomic mass is 10.1. The predicted octanol–water partition coefficient (Wildman–Crippen LogP) is 5.44. The summed E-state index contributed by atoms with van der Waals surface area (Å²) in [7, 11) is 0. The Hall–Kier alpha value is -3.28. The van der Waals surface area contributed by atoms with Crippen LogP contribution in [-0.4, -0.2) is 9.55 Å². The third-order valence-corrected chi connectivity index (χ3v) is 5.20. The van der Waals surface area contributed by atoms with Crippen molar-refractivity contribution in [1.82, 2.24) is 9.55 Å². The summed E-state index contributed by atoms with van der Waals surface area (Å²) in [6.45, 7) is 3.08. The molecule has 0 unspecified atom stereocenters. The third kappa shape index (κ3) is 5.20. The fourth-order valence-electron chi connectivity index (χ4n) is 3.25. The highest BCUT2D eigenvalue weighted by atomic mass is 35.5. The van der Waals surface area contributed by atoms with Gasteiger partial charge >= 0.3 is 0 Å². The van der Waals surface area contributed by atoms with Gasteiger partial charge in [0.2, 0.25) is 0 Å². The molecule has 0 fully saturated rings. The molecule has 152 valence electrons. The van der Waals surface area contributed by atoms with Gasteiger partial charge in [-0.3, -0.25) is 0 Å². The maximum absolute atomic E-state index is 9.19. The maximum atomic E-state index is 9.19. The van der Waals surface area contributed by atoms with Crippen LogP contribution >= 0.6 is 11.6 Å². The van der Waals surface area contributed by atoms with Gasteiger partial charge in [0.1, 0.15) is 18.2 Å². The summed E-state index contributed by atoms with van der Waals surface area (Å²) in [5, 5.41) is 18.8. The number of imidazole rings is 1. The average Bonchev–Trinajstić information content (AvgIpc) is 3.06. The first-order valence-electron chi connectivity index (χ1n) is 9.96. The number of nitriles is 2. The molecular weight excluding hydrogens is 396 g/mol. The molecule has 0 saturated carbocycles. The molecule has 3 aromatic rings. The molecule has 0 N–H and O–H groups in total. The lowest BCUT2D eigenvalue weighted by Gasteiger charge is -2.12. The van der Waals surface area contributed by atoms with E-state index < -0.39 is 0 Å². The van der Waals surface area contributed by atoms with Crippen LogP contribution < -0.4 is 4.74 Å². The second kappa shape index (κ2) is 10.5. The van der Waals surface area contributed by atoms with E-state index in [0.717, 1.165) is 47.7 Å². The quantitative estimate of drug-likeness (QED) is 0.463. The van der Waals surface area contributed by atoms with Crippen LogP contribution in [0.15, 0.2) is 48.5 Å². The second-order valence-corrected chi connectivity index (χ2v) is 7.35. The van der Waals surface area contributed by atoms with E-state index in [1.54, 1.807) is 6.07 Å². The van der Waals surface area contributed by atoms with Crippen LogP contribution in [0.25, 0.3) is 0 Å². The van der Waals surface area contributed by atoms with Gasteiger partial charge in [-0.1, -0.05) is 55.3 Å². The minimum Gasteiger partial charge on any atom is -0.489 e. The number of halogens is 1. The third-order valence-electron chi connectivity index (χ3n) is 4.90. The Balaban J connectivity index is 1.73. The van der Waals surface area contributed by atoms with Gasteiger partial charge in [0, 0.05) is 18.5 Å². The van der Waals surface area contributed by atoms with Crippen molar-refractivity contribution in [3.05, 3.63) is 81.9 Å². The monoisotopic (exact) mass is 418 g/mol. The van der Waals surface area contributed by atoms with Gasteiger partial charge < -0.3 is 9.30 Å². The second-order valence-electron chi connectivity index (χ2n) is 6.99. The minimum absolute atomic E-state index is 0.234. The lowest BCUT2D eigenvalue weighted by molar-refractivity contribution is 0.306. The van der Waals surface area contributed by atoms with Crippen LogP contribution in [0.2, 0.25) is 5.15 Å². The summed E-state index contributed by atoms with van der Waals surface area (Å²) in [5.41, 5.74) is 3.32. The van der Waals surface area contributed by atoms with E-state index in [9.17, 15) is 5.26 Å². The summed E-state index contributed by atoms with van der Waals surface area (Å²) in [6, 6.07) is 19.6. The molecule has 0 aliphatic heterocycles. The molecular formula is C24H23ClN4O. The first-order chi connectivity index (χ1) is 14.7. The molecule has 0 saturated heterocycles. The van der Waals surface area contributed by atoms with Gasteiger partial charge in [0.25, 0.3) is 0 Å². The Morgan fingerprint density at radius 3 is 2.57 bits per heavy atom. The normalized spacial score (nSPS) is 10.4.